The first-order valence-corrected chi connectivity index (χ1v) is 6.39. The van der Waals surface area contributed by atoms with Crippen LogP contribution in [0.1, 0.15) is 5.56 Å². The Morgan fingerprint density at radius 2 is 1.84 bits per heavy atom. The Morgan fingerprint density at radius 3 is 2.47 bits per heavy atom. The van der Waals surface area contributed by atoms with Gasteiger partial charge in [0.2, 0.25) is 0 Å². The SMILES string of the molecule is OB(O)c1c(F)cc(Br)cc1OCc1ccccc1. The molecule has 0 radical (unpaired) electrons. The van der Waals surface area contributed by atoms with E-state index in [0.717, 1.165) is 11.6 Å². The highest BCUT2D eigenvalue weighted by atomic mass is 79.9. The molecular weight excluding hydrogens is 314 g/mol. The maximum atomic E-state index is 13.7. The Balaban J connectivity index is 2.24. The quantitative estimate of drug-likeness (QED) is 0.844. The molecule has 6 heteroatoms. The molecule has 19 heavy (non-hydrogen) atoms. The van der Waals surface area contributed by atoms with Crippen LogP contribution in [0.5, 0.6) is 5.75 Å². The Bertz CT molecular complexity index is 563. The summed E-state index contributed by atoms with van der Waals surface area (Å²) in [5, 5.41) is 18.4. The van der Waals surface area contributed by atoms with Crippen molar-refractivity contribution in [2.24, 2.45) is 0 Å². The number of benzene rings is 2. The van der Waals surface area contributed by atoms with E-state index in [9.17, 15) is 14.4 Å². The lowest BCUT2D eigenvalue weighted by molar-refractivity contribution is 0.305. The molecule has 2 aromatic carbocycles. The normalized spacial score (nSPS) is 10.3. The monoisotopic (exact) mass is 324 g/mol. The standard InChI is InChI=1S/C13H11BBrFO3/c15-10-6-11(16)13(14(17)18)12(7-10)19-8-9-4-2-1-3-5-9/h1-7,17-18H,8H2. The second kappa shape index (κ2) is 6.19. The third-order valence-corrected chi connectivity index (χ3v) is 3.01. The highest BCUT2D eigenvalue weighted by molar-refractivity contribution is 9.10. The smallest absolute Gasteiger partial charge is 0.489 e. The number of halogens is 2. The van der Waals surface area contributed by atoms with Gasteiger partial charge in [0.05, 0.1) is 5.46 Å². The molecule has 0 unspecified atom stereocenters. The average molecular weight is 325 g/mol. The highest BCUT2D eigenvalue weighted by Crippen LogP contribution is 2.20. The van der Waals surface area contributed by atoms with Crippen LogP contribution < -0.4 is 10.2 Å². The molecule has 98 valence electrons. The van der Waals surface area contributed by atoms with Gasteiger partial charge in [-0.25, -0.2) is 4.39 Å². The second-order valence-electron chi connectivity index (χ2n) is 3.95. The van der Waals surface area contributed by atoms with Crippen molar-refractivity contribution < 1.29 is 19.2 Å². The van der Waals surface area contributed by atoms with E-state index in [1.165, 1.54) is 6.07 Å². The zero-order valence-corrected chi connectivity index (χ0v) is 11.5. The minimum absolute atomic E-state index is 0.103. The molecule has 0 heterocycles. The Hall–Kier alpha value is -1.37. The van der Waals surface area contributed by atoms with Crippen molar-refractivity contribution in [2.75, 3.05) is 0 Å². The molecule has 3 nitrogen and oxygen atoms in total. The van der Waals surface area contributed by atoms with E-state index in [4.69, 9.17) is 4.74 Å². The molecule has 0 aliphatic rings. The van der Waals surface area contributed by atoms with Gasteiger partial charge in [0.15, 0.2) is 0 Å². The summed E-state index contributed by atoms with van der Waals surface area (Å²) < 4.78 is 19.6. The lowest BCUT2D eigenvalue weighted by Gasteiger charge is -2.12. The first kappa shape index (κ1) is 14.1. The van der Waals surface area contributed by atoms with Crippen LogP contribution in [-0.2, 0) is 6.61 Å². The van der Waals surface area contributed by atoms with Gasteiger partial charge in [0.1, 0.15) is 18.2 Å². The van der Waals surface area contributed by atoms with E-state index < -0.39 is 12.9 Å². The molecule has 0 saturated carbocycles. The van der Waals surface area contributed by atoms with Crippen LogP contribution >= 0.6 is 15.9 Å². The topological polar surface area (TPSA) is 49.7 Å². The highest BCUT2D eigenvalue weighted by Gasteiger charge is 2.23. The lowest BCUT2D eigenvalue weighted by atomic mass is 9.79. The van der Waals surface area contributed by atoms with E-state index in [2.05, 4.69) is 15.9 Å². The summed E-state index contributed by atoms with van der Waals surface area (Å²) in [4.78, 5) is 0. The predicted octanol–water partition coefficient (Wildman–Crippen LogP) is 1.85. The van der Waals surface area contributed by atoms with Gasteiger partial charge in [0.25, 0.3) is 0 Å². The van der Waals surface area contributed by atoms with Gasteiger partial charge < -0.3 is 14.8 Å². The summed E-state index contributed by atoms with van der Waals surface area (Å²) in [6.45, 7) is 0.219. The van der Waals surface area contributed by atoms with Crippen molar-refractivity contribution in [3.05, 3.63) is 58.3 Å². The van der Waals surface area contributed by atoms with Gasteiger partial charge in [-0.15, -0.1) is 0 Å². The van der Waals surface area contributed by atoms with Crippen LogP contribution in [0.2, 0.25) is 0 Å². The van der Waals surface area contributed by atoms with Crippen molar-refractivity contribution in [3.63, 3.8) is 0 Å². The minimum Gasteiger partial charge on any atom is -0.489 e. The Kier molecular flexibility index (Phi) is 4.58. The maximum absolute atomic E-state index is 13.7. The Morgan fingerprint density at radius 1 is 1.16 bits per heavy atom. The average Bonchev–Trinajstić information content (AvgIpc) is 2.36. The van der Waals surface area contributed by atoms with Gasteiger partial charge in [-0.2, -0.15) is 0 Å². The third kappa shape index (κ3) is 3.56. The zero-order valence-electron chi connectivity index (χ0n) is 9.88. The van der Waals surface area contributed by atoms with Crippen molar-refractivity contribution in [1.82, 2.24) is 0 Å². The molecule has 2 rings (SSSR count). The van der Waals surface area contributed by atoms with Crippen LogP contribution in [0.3, 0.4) is 0 Å². The van der Waals surface area contributed by atoms with Crippen molar-refractivity contribution in [3.8, 4) is 5.75 Å². The summed E-state index contributed by atoms with van der Waals surface area (Å²) >= 11 is 3.14. The molecule has 0 bridgehead atoms. The van der Waals surface area contributed by atoms with Gasteiger partial charge in [-0.1, -0.05) is 46.3 Å². The van der Waals surface area contributed by atoms with E-state index in [1.54, 1.807) is 0 Å². The zero-order chi connectivity index (χ0) is 13.8. The molecule has 0 fully saturated rings. The van der Waals surface area contributed by atoms with Crippen molar-refractivity contribution in [1.29, 1.82) is 0 Å². The van der Waals surface area contributed by atoms with Gasteiger partial charge in [0, 0.05) is 4.47 Å². The third-order valence-electron chi connectivity index (χ3n) is 2.55. The second-order valence-corrected chi connectivity index (χ2v) is 4.86. The van der Waals surface area contributed by atoms with Crippen LogP contribution in [0.15, 0.2) is 46.9 Å². The molecule has 0 atom stereocenters. The molecule has 0 aromatic heterocycles. The number of ether oxygens (including phenoxy) is 1. The van der Waals surface area contributed by atoms with E-state index in [-0.39, 0.29) is 17.8 Å². The van der Waals surface area contributed by atoms with E-state index in [0.29, 0.717) is 4.47 Å². The van der Waals surface area contributed by atoms with Gasteiger partial charge in [-0.3, -0.25) is 0 Å². The molecule has 2 N–H and O–H groups in total. The van der Waals surface area contributed by atoms with Gasteiger partial charge in [-0.05, 0) is 17.7 Å². The lowest BCUT2D eigenvalue weighted by Crippen LogP contribution is -2.34. The summed E-state index contributed by atoms with van der Waals surface area (Å²) in [5.41, 5.74) is 0.639. The molecular formula is C13H11BBrFO3. The summed E-state index contributed by atoms with van der Waals surface area (Å²) in [5.74, 6) is -0.627. The summed E-state index contributed by atoms with van der Waals surface area (Å²) in [6, 6.07) is 12.0. The molecule has 0 saturated heterocycles. The van der Waals surface area contributed by atoms with Crippen LogP contribution in [0.4, 0.5) is 4.39 Å². The fraction of sp³-hybridized carbons (Fsp3) is 0.0769. The molecule has 0 aliphatic carbocycles. The number of hydrogen-bond donors (Lipinski definition) is 2. The van der Waals surface area contributed by atoms with E-state index in [1.807, 2.05) is 30.3 Å². The van der Waals surface area contributed by atoms with Crippen LogP contribution in [0.25, 0.3) is 0 Å². The summed E-state index contributed by atoms with van der Waals surface area (Å²) in [7, 11) is -1.92. The predicted molar refractivity (Wildman–Crippen MR) is 74.7 cm³/mol. The number of rotatable bonds is 4. The maximum Gasteiger partial charge on any atom is 0.495 e. The van der Waals surface area contributed by atoms with Crippen LogP contribution in [-0.4, -0.2) is 17.2 Å². The molecule has 0 amide bonds. The van der Waals surface area contributed by atoms with Crippen LogP contribution in [0, 0.1) is 5.82 Å². The van der Waals surface area contributed by atoms with E-state index >= 15 is 0 Å². The first-order chi connectivity index (χ1) is 9.08. The molecule has 0 spiro atoms. The van der Waals surface area contributed by atoms with Crippen molar-refractivity contribution >= 4 is 28.5 Å². The fourth-order valence-electron chi connectivity index (χ4n) is 1.67. The van der Waals surface area contributed by atoms with Gasteiger partial charge >= 0.3 is 7.12 Å². The Labute approximate surface area is 118 Å². The number of hydrogen-bond acceptors (Lipinski definition) is 3. The molecule has 0 aliphatic heterocycles. The first-order valence-electron chi connectivity index (χ1n) is 5.59. The summed E-state index contributed by atoms with van der Waals surface area (Å²) in [6.07, 6.45) is 0. The van der Waals surface area contributed by atoms with Crippen molar-refractivity contribution in [2.45, 2.75) is 6.61 Å². The largest absolute Gasteiger partial charge is 0.495 e. The minimum atomic E-state index is -1.92. The fourth-order valence-corrected chi connectivity index (χ4v) is 2.08. The molecule has 2 aromatic rings.